The smallest absolute Gasteiger partial charge is 0.248 e. The molecule has 6 heteroatoms. The number of para-hydroxylation sites is 1. The number of ether oxygens (including phenoxy) is 1. The van der Waals surface area contributed by atoms with Crippen molar-refractivity contribution < 1.29 is 9.15 Å². The molecule has 0 saturated carbocycles. The average Bonchev–Trinajstić information content (AvgIpc) is 3.34. The van der Waals surface area contributed by atoms with Gasteiger partial charge < -0.3 is 9.15 Å². The van der Waals surface area contributed by atoms with E-state index in [1.165, 1.54) is 18.4 Å². The molecule has 130 valence electrons. The Balaban J connectivity index is 1.57. The molecule has 0 N–H and O–H groups in total. The van der Waals surface area contributed by atoms with Gasteiger partial charge in [-0.05, 0) is 36.9 Å². The second kappa shape index (κ2) is 7.37. The minimum absolute atomic E-state index is 0.165. The Morgan fingerprint density at radius 3 is 3.00 bits per heavy atom. The van der Waals surface area contributed by atoms with Crippen LogP contribution in [0.3, 0.4) is 0 Å². The van der Waals surface area contributed by atoms with E-state index in [-0.39, 0.29) is 6.04 Å². The normalized spacial score (nSPS) is 18.4. The fourth-order valence-corrected chi connectivity index (χ4v) is 4.01. The van der Waals surface area contributed by atoms with Gasteiger partial charge in [0.2, 0.25) is 11.8 Å². The first-order valence-corrected chi connectivity index (χ1v) is 9.51. The average molecular weight is 355 g/mol. The molecule has 1 saturated heterocycles. The lowest BCUT2D eigenvalue weighted by atomic mass is 10.0. The molecule has 0 spiro atoms. The Morgan fingerprint density at radius 2 is 2.16 bits per heavy atom. The number of benzene rings is 1. The van der Waals surface area contributed by atoms with E-state index in [4.69, 9.17) is 9.15 Å². The number of aromatic nitrogens is 2. The van der Waals surface area contributed by atoms with Gasteiger partial charge in [0.25, 0.3) is 0 Å². The molecule has 0 radical (unpaired) electrons. The van der Waals surface area contributed by atoms with E-state index < -0.39 is 0 Å². The summed E-state index contributed by atoms with van der Waals surface area (Å²) in [4.78, 5) is 2.42. The zero-order valence-electron chi connectivity index (χ0n) is 14.2. The van der Waals surface area contributed by atoms with Crippen molar-refractivity contribution in [1.82, 2.24) is 15.1 Å². The maximum absolute atomic E-state index is 6.00. The van der Waals surface area contributed by atoms with Gasteiger partial charge in [-0.2, -0.15) is 11.3 Å². The van der Waals surface area contributed by atoms with Crippen molar-refractivity contribution in [3.05, 3.63) is 52.5 Å². The van der Waals surface area contributed by atoms with E-state index in [9.17, 15) is 0 Å². The minimum Gasteiger partial charge on any atom is -0.496 e. The lowest BCUT2D eigenvalue weighted by Gasteiger charge is -2.33. The third kappa shape index (κ3) is 3.45. The number of piperidine rings is 1. The predicted molar refractivity (Wildman–Crippen MR) is 97.6 cm³/mol. The second-order valence-electron chi connectivity index (χ2n) is 6.25. The van der Waals surface area contributed by atoms with Crippen LogP contribution in [0.2, 0.25) is 0 Å². The predicted octanol–water partition coefficient (Wildman–Crippen LogP) is 4.53. The molecular weight excluding hydrogens is 334 g/mol. The highest BCUT2D eigenvalue weighted by Gasteiger charge is 2.29. The lowest BCUT2D eigenvalue weighted by Crippen LogP contribution is -2.33. The van der Waals surface area contributed by atoms with Gasteiger partial charge in [-0.3, -0.25) is 4.90 Å². The maximum Gasteiger partial charge on any atom is 0.248 e. The monoisotopic (exact) mass is 355 g/mol. The molecule has 1 fully saturated rings. The van der Waals surface area contributed by atoms with Crippen molar-refractivity contribution in [3.8, 4) is 17.2 Å². The van der Waals surface area contributed by atoms with Crippen molar-refractivity contribution in [3.63, 3.8) is 0 Å². The first-order chi connectivity index (χ1) is 12.3. The molecule has 3 heterocycles. The van der Waals surface area contributed by atoms with Crippen molar-refractivity contribution in [2.24, 2.45) is 0 Å². The Bertz CT molecular complexity index is 816. The van der Waals surface area contributed by atoms with Crippen LogP contribution in [0.25, 0.3) is 11.5 Å². The highest BCUT2D eigenvalue weighted by molar-refractivity contribution is 7.08. The van der Waals surface area contributed by atoms with Gasteiger partial charge in [0.1, 0.15) is 5.75 Å². The summed E-state index contributed by atoms with van der Waals surface area (Å²) in [6.45, 7) is 1.85. The molecule has 0 amide bonds. The van der Waals surface area contributed by atoms with E-state index in [1.54, 1.807) is 18.4 Å². The van der Waals surface area contributed by atoms with Gasteiger partial charge in [-0.1, -0.05) is 24.6 Å². The summed E-state index contributed by atoms with van der Waals surface area (Å²) in [6, 6.07) is 10.4. The molecule has 1 atom stereocenters. The van der Waals surface area contributed by atoms with Crippen LogP contribution in [0.5, 0.6) is 5.75 Å². The quantitative estimate of drug-likeness (QED) is 0.673. The molecule has 3 aromatic rings. The standard InChI is InChI=1S/C19H21N3O2S/c1-23-17-8-3-2-6-14(17)12-22-10-5-4-7-16(22)19-21-20-18(24-19)15-9-11-25-13-15/h2-3,6,8-9,11,13,16H,4-5,7,10,12H2,1H3. The summed E-state index contributed by atoms with van der Waals surface area (Å²) >= 11 is 1.63. The van der Waals surface area contributed by atoms with Crippen LogP contribution in [-0.2, 0) is 6.54 Å². The number of methoxy groups -OCH3 is 1. The Hall–Kier alpha value is -2.18. The fraction of sp³-hybridized carbons (Fsp3) is 0.368. The Labute approximate surface area is 151 Å². The summed E-state index contributed by atoms with van der Waals surface area (Å²) in [5.41, 5.74) is 2.19. The summed E-state index contributed by atoms with van der Waals surface area (Å²) < 4.78 is 11.5. The van der Waals surface area contributed by atoms with E-state index in [0.29, 0.717) is 5.89 Å². The van der Waals surface area contributed by atoms with E-state index in [1.807, 2.05) is 29.0 Å². The molecule has 4 rings (SSSR count). The van der Waals surface area contributed by atoms with Crippen molar-refractivity contribution >= 4 is 11.3 Å². The van der Waals surface area contributed by atoms with Crippen molar-refractivity contribution in [2.75, 3.05) is 13.7 Å². The number of likely N-dealkylation sites (tertiary alicyclic amines) is 1. The zero-order chi connectivity index (χ0) is 17.1. The SMILES string of the molecule is COc1ccccc1CN1CCCCC1c1nnc(-c2ccsc2)o1. The largest absolute Gasteiger partial charge is 0.496 e. The number of thiophene rings is 1. The summed E-state index contributed by atoms with van der Waals surface area (Å²) in [5, 5.41) is 12.6. The minimum atomic E-state index is 0.165. The molecule has 2 aromatic heterocycles. The van der Waals surface area contributed by atoms with Gasteiger partial charge in [0, 0.05) is 23.1 Å². The lowest BCUT2D eigenvalue weighted by molar-refractivity contribution is 0.117. The number of rotatable bonds is 5. The van der Waals surface area contributed by atoms with E-state index in [0.717, 1.165) is 36.7 Å². The molecule has 1 unspecified atom stereocenters. The number of hydrogen-bond donors (Lipinski definition) is 0. The van der Waals surface area contributed by atoms with E-state index >= 15 is 0 Å². The fourth-order valence-electron chi connectivity index (χ4n) is 3.38. The summed E-state index contributed by atoms with van der Waals surface area (Å²) in [6.07, 6.45) is 3.42. The van der Waals surface area contributed by atoms with Crippen molar-refractivity contribution in [1.29, 1.82) is 0 Å². The molecule has 1 aliphatic rings. The molecule has 1 aliphatic heterocycles. The first kappa shape index (κ1) is 16.3. The van der Waals surface area contributed by atoms with Gasteiger partial charge in [-0.25, -0.2) is 0 Å². The Kier molecular flexibility index (Phi) is 4.81. The molecule has 25 heavy (non-hydrogen) atoms. The summed E-state index contributed by atoms with van der Waals surface area (Å²) in [7, 11) is 1.72. The van der Waals surface area contributed by atoms with Gasteiger partial charge in [0.15, 0.2) is 0 Å². The van der Waals surface area contributed by atoms with Crippen LogP contribution in [0.15, 0.2) is 45.5 Å². The third-order valence-electron chi connectivity index (χ3n) is 4.67. The zero-order valence-corrected chi connectivity index (χ0v) is 15.0. The van der Waals surface area contributed by atoms with Crippen LogP contribution in [0.4, 0.5) is 0 Å². The third-order valence-corrected chi connectivity index (χ3v) is 5.36. The number of hydrogen-bond acceptors (Lipinski definition) is 6. The highest BCUT2D eigenvalue weighted by Crippen LogP contribution is 2.34. The molecule has 1 aromatic carbocycles. The summed E-state index contributed by atoms with van der Waals surface area (Å²) in [5.74, 6) is 2.26. The highest BCUT2D eigenvalue weighted by atomic mass is 32.1. The van der Waals surface area contributed by atoms with Gasteiger partial charge in [-0.15, -0.1) is 10.2 Å². The van der Waals surface area contributed by atoms with Crippen LogP contribution in [0, 0.1) is 0 Å². The molecule has 5 nitrogen and oxygen atoms in total. The molecule has 0 aliphatic carbocycles. The maximum atomic E-state index is 6.00. The van der Waals surface area contributed by atoms with E-state index in [2.05, 4.69) is 27.2 Å². The molecular formula is C19H21N3O2S. The van der Waals surface area contributed by atoms with Crippen LogP contribution < -0.4 is 4.74 Å². The second-order valence-corrected chi connectivity index (χ2v) is 7.03. The van der Waals surface area contributed by atoms with Gasteiger partial charge in [0.05, 0.1) is 13.2 Å². The number of nitrogens with zero attached hydrogens (tertiary/aromatic N) is 3. The van der Waals surface area contributed by atoms with Crippen molar-refractivity contribution in [2.45, 2.75) is 31.8 Å². The van der Waals surface area contributed by atoms with Crippen LogP contribution in [0.1, 0.15) is 36.8 Å². The topological polar surface area (TPSA) is 51.4 Å². The first-order valence-electron chi connectivity index (χ1n) is 8.57. The van der Waals surface area contributed by atoms with Crippen LogP contribution in [-0.4, -0.2) is 28.8 Å². The van der Waals surface area contributed by atoms with Gasteiger partial charge >= 0.3 is 0 Å². The van der Waals surface area contributed by atoms with Crippen LogP contribution >= 0.6 is 11.3 Å². The molecule has 0 bridgehead atoms. The Morgan fingerprint density at radius 1 is 1.24 bits per heavy atom.